The zero-order valence-corrected chi connectivity index (χ0v) is 14.4. The Labute approximate surface area is 147 Å². The molecular formula is C18H22N6O. The topological polar surface area (TPSA) is 75.1 Å². The molecule has 4 rings (SSSR count). The predicted octanol–water partition coefficient (Wildman–Crippen LogP) is 1.71. The van der Waals surface area contributed by atoms with Crippen molar-refractivity contribution in [3.8, 4) is 0 Å². The van der Waals surface area contributed by atoms with Crippen LogP contribution in [0.2, 0.25) is 0 Å². The van der Waals surface area contributed by atoms with Crippen LogP contribution in [-0.4, -0.2) is 57.2 Å². The van der Waals surface area contributed by atoms with E-state index in [2.05, 4.69) is 25.1 Å². The Kier molecular flexibility index (Phi) is 4.07. The standard InChI is InChI=1S/C18H22N6O/c1-14-2-3-16(22-21-14)24-11-6-18(13-24)4-9-23(10-5-18)17(25)15-12-19-7-8-20-15/h2-3,7-8,12H,4-6,9-11,13H2,1H3. The van der Waals surface area contributed by atoms with Crippen LogP contribution < -0.4 is 4.90 Å². The molecule has 2 aromatic heterocycles. The summed E-state index contributed by atoms with van der Waals surface area (Å²) in [4.78, 5) is 24.9. The number of carbonyl (C=O) groups excluding carboxylic acids is 1. The maximum Gasteiger partial charge on any atom is 0.274 e. The fourth-order valence-electron chi connectivity index (χ4n) is 3.86. The Hall–Kier alpha value is -2.57. The van der Waals surface area contributed by atoms with Crippen molar-refractivity contribution in [2.75, 3.05) is 31.1 Å². The Morgan fingerprint density at radius 1 is 1.08 bits per heavy atom. The van der Waals surface area contributed by atoms with Crippen LogP contribution >= 0.6 is 0 Å². The van der Waals surface area contributed by atoms with Gasteiger partial charge in [-0.3, -0.25) is 9.78 Å². The molecule has 0 aromatic carbocycles. The number of hydrogen-bond acceptors (Lipinski definition) is 6. The summed E-state index contributed by atoms with van der Waals surface area (Å²) >= 11 is 0. The Bertz CT molecular complexity index is 740. The molecule has 1 amide bonds. The summed E-state index contributed by atoms with van der Waals surface area (Å²) in [7, 11) is 0. The number of nitrogens with zero attached hydrogens (tertiary/aromatic N) is 6. The second kappa shape index (κ2) is 6.38. The van der Waals surface area contributed by atoms with E-state index in [9.17, 15) is 4.79 Å². The number of carbonyl (C=O) groups is 1. The van der Waals surface area contributed by atoms with Gasteiger partial charge in [-0.15, -0.1) is 5.10 Å². The number of aromatic nitrogens is 4. The Morgan fingerprint density at radius 3 is 2.56 bits per heavy atom. The molecule has 7 heteroatoms. The van der Waals surface area contributed by atoms with Gasteiger partial charge in [-0.05, 0) is 43.7 Å². The molecule has 0 bridgehead atoms. The molecule has 7 nitrogen and oxygen atoms in total. The van der Waals surface area contributed by atoms with Crippen LogP contribution in [0.3, 0.4) is 0 Å². The fraction of sp³-hybridized carbons (Fsp3) is 0.500. The van der Waals surface area contributed by atoms with Crippen LogP contribution in [0, 0.1) is 12.3 Å². The molecule has 2 fully saturated rings. The summed E-state index contributed by atoms with van der Waals surface area (Å²) in [6.45, 7) is 5.52. The van der Waals surface area contributed by atoms with Crippen molar-refractivity contribution in [3.63, 3.8) is 0 Å². The highest BCUT2D eigenvalue weighted by Gasteiger charge is 2.42. The van der Waals surface area contributed by atoms with Gasteiger partial charge in [-0.2, -0.15) is 5.10 Å². The molecule has 2 saturated heterocycles. The number of anilines is 1. The van der Waals surface area contributed by atoms with E-state index in [1.54, 1.807) is 18.6 Å². The quantitative estimate of drug-likeness (QED) is 0.830. The maximum atomic E-state index is 12.5. The number of aryl methyl sites for hydroxylation is 1. The van der Waals surface area contributed by atoms with Crippen molar-refractivity contribution in [1.29, 1.82) is 0 Å². The van der Waals surface area contributed by atoms with Crippen molar-refractivity contribution in [2.24, 2.45) is 5.41 Å². The molecule has 0 N–H and O–H groups in total. The van der Waals surface area contributed by atoms with Gasteiger partial charge in [0, 0.05) is 38.6 Å². The van der Waals surface area contributed by atoms with Crippen LogP contribution in [0.5, 0.6) is 0 Å². The van der Waals surface area contributed by atoms with Crippen LogP contribution in [-0.2, 0) is 0 Å². The molecule has 130 valence electrons. The summed E-state index contributed by atoms with van der Waals surface area (Å²) in [5.74, 6) is 0.947. The summed E-state index contributed by atoms with van der Waals surface area (Å²) < 4.78 is 0. The van der Waals surface area contributed by atoms with Crippen molar-refractivity contribution in [2.45, 2.75) is 26.2 Å². The molecule has 0 unspecified atom stereocenters. The highest BCUT2D eigenvalue weighted by molar-refractivity contribution is 5.92. The highest BCUT2D eigenvalue weighted by Crippen LogP contribution is 2.41. The van der Waals surface area contributed by atoms with Gasteiger partial charge in [0.1, 0.15) is 5.69 Å². The van der Waals surface area contributed by atoms with Gasteiger partial charge in [0.25, 0.3) is 5.91 Å². The number of piperidine rings is 1. The summed E-state index contributed by atoms with van der Waals surface area (Å²) in [6.07, 6.45) is 7.89. The van der Waals surface area contributed by atoms with E-state index in [1.807, 2.05) is 24.0 Å². The fourth-order valence-corrected chi connectivity index (χ4v) is 3.86. The molecule has 4 heterocycles. The molecule has 0 radical (unpaired) electrons. The molecule has 25 heavy (non-hydrogen) atoms. The molecule has 0 saturated carbocycles. The van der Waals surface area contributed by atoms with Crippen LogP contribution in [0.1, 0.15) is 35.4 Å². The van der Waals surface area contributed by atoms with Crippen LogP contribution in [0.15, 0.2) is 30.7 Å². The average molecular weight is 338 g/mol. The van der Waals surface area contributed by atoms with Gasteiger partial charge < -0.3 is 9.80 Å². The van der Waals surface area contributed by atoms with Gasteiger partial charge in [-0.25, -0.2) is 4.98 Å². The van der Waals surface area contributed by atoms with Crippen molar-refractivity contribution < 1.29 is 4.79 Å². The first kappa shape index (κ1) is 15.9. The lowest BCUT2D eigenvalue weighted by Gasteiger charge is -2.39. The lowest BCUT2D eigenvalue weighted by molar-refractivity contribution is 0.0604. The first-order chi connectivity index (χ1) is 12.2. The van der Waals surface area contributed by atoms with E-state index in [-0.39, 0.29) is 11.3 Å². The molecule has 2 aliphatic heterocycles. The largest absolute Gasteiger partial charge is 0.355 e. The van der Waals surface area contributed by atoms with Crippen molar-refractivity contribution in [3.05, 3.63) is 42.1 Å². The Balaban J connectivity index is 1.38. The summed E-state index contributed by atoms with van der Waals surface area (Å²) in [5.41, 5.74) is 1.65. The number of amides is 1. The van der Waals surface area contributed by atoms with E-state index in [0.717, 1.165) is 57.0 Å². The van der Waals surface area contributed by atoms with E-state index >= 15 is 0 Å². The van der Waals surface area contributed by atoms with Gasteiger partial charge in [0.05, 0.1) is 11.9 Å². The Morgan fingerprint density at radius 2 is 1.88 bits per heavy atom. The monoisotopic (exact) mass is 338 g/mol. The minimum Gasteiger partial charge on any atom is -0.355 e. The van der Waals surface area contributed by atoms with Crippen molar-refractivity contribution in [1.82, 2.24) is 25.1 Å². The summed E-state index contributed by atoms with van der Waals surface area (Å²) in [5, 5.41) is 8.49. The molecule has 2 aromatic rings. The smallest absolute Gasteiger partial charge is 0.274 e. The average Bonchev–Trinajstić information content (AvgIpc) is 3.07. The first-order valence-electron chi connectivity index (χ1n) is 8.76. The lowest BCUT2D eigenvalue weighted by atomic mass is 9.77. The van der Waals surface area contributed by atoms with E-state index < -0.39 is 0 Å². The zero-order valence-electron chi connectivity index (χ0n) is 14.4. The molecule has 0 aliphatic carbocycles. The SMILES string of the molecule is Cc1ccc(N2CCC3(CCN(C(=O)c4cnccn4)CC3)C2)nn1. The van der Waals surface area contributed by atoms with E-state index in [0.29, 0.717) is 5.69 Å². The zero-order chi connectivity index (χ0) is 17.3. The number of likely N-dealkylation sites (tertiary alicyclic amines) is 1. The van der Waals surface area contributed by atoms with E-state index in [1.165, 1.54) is 0 Å². The predicted molar refractivity (Wildman–Crippen MR) is 93.2 cm³/mol. The van der Waals surface area contributed by atoms with Gasteiger partial charge >= 0.3 is 0 Å². The molecule has 0 atom stereocenters. The number of hydrogen-bond donors (Lipinski definition) is 0. The third-order valence-electron chi connectivity index (χ3n) is 5.44. The third-order valence-corrected chi connectivity index (χ3v) is 5.44. The first-order valence-corrected chi connectivity index (χ1v) is 8.76. The summed E-state index contributed by atoms with van der Waals surface area (Å²) in [6, 6.07) is 4.06. The second-order valence-electron chi connectivity index (χ2n) is 7.09. The van der Waals surface area contributed by atoms with Gasteiger partial charge in [0.15, 0.2) is 5.82 Å². The van der Waals surface area contributed by atoms with E-state index in [4.69, 9.17) is 0 Å². The van der Waals surface area contributed by atoms with Crippen LogP contribution in [0.25, 0.3) is 0 Å². The molecule has 2 aliphatic rings. The van der Waals surface area contributed by atoms with Crippen LogP contribution in [0.4, 0.5) is 5.82 Å². The van der Waals surface area contributed by atoms with Gasteiger partial charge in [-0.1, -0.05) is 0 Å². The maximum absolute atomic E-state index is 12.5. The molecular weight excluding hydrogens is 316 g/mol. The normalized spacial score (nSPS) is 19.4. The highest BCUT2D eigenvalue weighted by atomic mass is 16.2. The lowest BCUT2D eigenvalue weighted by Crippen LogP contribution is -2.44. The van der Waals surface area contributed by atoms with Gasteiger partial charge in [0.2, 0.25) is 0 Å². The van der Waals surface area contributed by atoms with Crippen molar-refractivity contribution >= 4 is 11.7 Å². The minimum absolute atomic E-state index is 0.0118. The molecule has 1 spiro atoms. The third kappa shape index (κ3) is 3.18. The number of rotatable bonds is 2. The second-order valence-corrected chi connectivity index (χ2v) is 7.09. The minimum atomic E-state index is -0.0118.